The van der Waals surface area contributed by atoms with E-state index in [9.17, 15) is 18.0 Å². The third-order valence-electron chi connectivity index (χ3n) is 3.09. The Morgan fingerprint density at radius 1 is 1.48 bits per heavy atom. The summed E-state index contributed by atoms with van der Waals surface area (Å²) >= 11 is 5.77. The standard InChI is InChI=1S/C13H14ClF3N2O2/c1-19-5-4-10(12(19)20)18-9-3-2-8(14)6-11(9)21-7-13(15,16)17/h2-3,6,10,18H,4-5,7H2,1H3/t10-/m1/s1. The molecule has 1 aliphatic rings. The minimum Gasteiger partial charge on any atom is -0.482 e. The lowest BCUT2D eigenvalue weighted by molar-refractivity contribution is -0.153. The van der Waals surface area contributed by atoms with Gasteiger partial charge in [-0.3, -0.25) is 4.79 Å². The zero-order valence-electron chi connectivity index (χ0n) is 11.2. The van der Waals surface area contributed by atoms with Crippen molar-refractivity contribution >= 4 is 23.2 Å². The minimum atomic E-state index is -4.44. The lowest BCUT2D eigenvalue weighted by atomic mass is 10.2. The van der Waals surface area contributed by atoms with Crippen LogP contribution in [0.2, 0.25) is 5.02 Å². The molecule has 1 aromatic rings. The van der Waals surface area contributed by atoms with Gasteiger partial charge < -0.3 is 15.0 Å². The summed E-state index contributed by atoms with van der Waals surface area (Å²) in [5.74, 6) is -0.131. The summed E-state index contributed by atoms with van der Waals surface area (Å²) < 4.78 is 41.5. The number of rotatable bonds is 4. The van der Waals surface area contributed by atoms with Crippen LogP contribution in [0.15, 0.2) is 18.2 Å². The van der Waals surface area contributed by atoms with Crippen molar-refractivity contribution in [3.8, 4) is 5.75 Å². The highest BCUT2D eigenvalue weighted by Gasteiger charge is 2.31. The van der Waals surface area contributed by atoms with Gasteiger partial charge in [-0.25, -0.2) is 0 Å². The first kappa shape index (κ1) is 15.8. The molecule has 8 heteroatoms. The van der Waals surface area contributed by atoms with Crippen LogP contribution in [-0.2, 0) is 4.79 Å². The first-order valence-corrected chi connectivity index (χ1v) is 6.65. The third-order valence-corrected chi connectivity index (χ3v) is 3.33. The molecule has 0 saturated carbocycles. The normalized spacial score (nSPS) is 19.0. The summed E-state index contributed by atoms with van der Waals surface area (Å²) in [5, 5.41) is 3.17. The number of likely N-dealkylation sites (tertiary alicyclic amines) is 1. The van der Waals surface area contributed by atoms with Crippen LogP contribution >= 0.6 is 11.6 Å². The largest absolute Gasteiger partial charge is 0.482 e. The maximum Gasteiger partial charge on any atom is 0.422 e. The van der Waals surface area contributed by atoms with Gasteiger partial charge in [0.05, 0.1) is 5.69 Å². The van der Waals surface area contributed by atoms with Crippen LogP contribution in [0.5, 0.6) is 5.75 Å². The van der Waals surface area contributed by atoms with E-state index >= 15 is 0 Å². The second kappa shape index (κ2) is 6.01. The van der Waals surface area contributed by atoms with Gasteiger partial charge in [-0.05, 0) is 18.6 Å². The molecule has 116 valence electrons. The number of carbonyl (C=O) groups is 1. The predicted molar refractivity (Wildman–Crippen MR) is 72.7 cm³/mol. The van der Waals surface area contributed by atoms with E-state index in [4.69, 9.17) is 16.3 Å². The van der Waals surface area contributed by atoms with E-state index in [2.05, 4.69) is 5.32 Å². The summed E-state index contributed by atoms with van der Waals surface area (Å²) in [6, 6.07) is 3.84. The van der Waals surface area contributed by atoms with E-state index in [0.717, 1.165) is 0 Å². The third kappa shape index (κ3) is 4.17. The summed E-state index contributed by atoms with van der Waals surface area (Å²) in [5.41, 5.74) is 0.317. The van der Waals surface area contributed by atoms with E-state index < -0.39 is 18.8 Å². The van der Waals surface area contributed by atoms with Crippen LogP contribution in [0.4, 0.5) is 18.9 Å². The summed E-state index contributed by atoms with van der Waals surface area (Å²) in [4.78, 5) is 13.4. The molecular weight excluding hydrogens is 309 g/mol. The molecule has 4 nitrogen and oxygen atoms in total. The first-order chi connectivity index (χ1) is 9.76. The van der Waals surface area contributed by atoms with Gasteiger partial charge in [-0.2, -0.15) is 13.2 Å². The number of alkyl halides is 3. The fourth-order valence-corrected chi connectivity index (χ4v) is 2.20. The second-order valence-corrected chi connectivity index (χ2v) is 5.23. The number of nitrogens with zero attached hydrogens (tertiary/aromatic N) is 1. The Morgan fingerprint density at radius 2 is 2.19 bits per heavy atom. The molecule has 1 aliphatic heterocycles. The molecule has 1 fully saturated rings. The molecule has 0 aliphatic carbocycles. The summed E-state index contributed by atoms with van der Waals surface area (Å²) in [7, 11) is 1.67. The molecule has 0 unspecified atom stereocenters. The smallest absolute Gasteiger partial charge is 0.422 e. The maximum atomic E-state index is 12.3. The van der Waals surface area contributed by atoms with E-state index in [-0.39, 0.29) is 16.7 Å². The molecule has 1 aromatic carbocycles. The van der Waals surface area contributed by atoms with Crippen molar-refractivity contribution in [1.82, 2.24) is 4.90 Å². The average molecular weight is 323 g/mol. The molecule has 2 rings (SSSR count). The van der Waals surface area contributed by atoms with Crippen molar-refractivity contribution in [2.45, 2.75) is 18.6 Å². The number of anilines is 1. The van der Waals surface area contributed by atoms with Gasteiger partial charge in [0.2, 0.25) is 5.91 Å². The van der Waals surface area contributed by atoms with Gasteiger partial charge in [-0.1, -0.05) is 11.6 Å². The summed E-state index contributed by atoms with van der Waals surface area (Å²) in [6.45, 7) is -0.816. The number of nitrogens with one attached hydrogen (secondary N) is 1. The van der Waals surface area contributed by atoms with Crippen LogP contribution in [0.3, 0.4) is 0 Å². The van der Waals surface area contributed by atoms with Crippen molar-refractivity contribution in [1.29, 1.82) is 0 Å². The van der Waals surface area contributed by atoms with Crippen molar-refractivity contribution in [2.75, 3.05) is 25.5 Å². The van der Waals surface area contributed by atoms with Crippen molar-refractivity contribution in [3.05, 3.63) is 23.2 Å². The Morgan fingerprint density at radius 3 is 2.76 bits per heavy atom. The topological polar surface area (TPSA) is 41.6 Å². The van der Waals surface area contributed by atoms with Crippen molar-refractivity contribution < 1.29 is 22.7 Å². The van der Waals surface area contributed by atoms with Crippen LogP contribution in [0, 0.1) is 0 Å². The SMILES string of the molecule is CN1CC[C@@H](Nc2ccc(Cl)cc2OCC(F)(F)F)C1=O. The Bertz CT molecular complexity index is 537. The lowest BCUT2D eigenvalue weighted by Crippen LogP contribution is -2.31. The molecule has 0 aromatic heterocycles. The number of hydrogen-bond donors (Lipinski definition) is 1. The number of benzene rings is 1. The zero-order chi connectivity index (χ0) is 15.6. The fourth-order valence-electron chi connectivity index (χ4n) is 2.04. The van der Waals surface area contributed by atoms with E-state index in [0.29, 0.717) is 18.7 Å². The quantitative estimate of drug-likeness (QED) is 0.926. The Kier molecular flexibility index (Phi) is 4.51. The van der Waals surface area contributed by atoms with E-state index in [1.807, 2.05) is 0 Å². The molecule has 1 atom stereocenters. The maximum absolute atomic E-state index is 12.3. The van der Waals surface area contributed by atoms with Crippen molar-refractivity contribution in [3.63, 3.8) is 0 Å². The van der Waals surface area contributed by atoms with Crippen LogP contribution in [0.1, 0.15) is 6.42 Å². The van der Waals surface area contributed by atoms with Gasteiger partial charge in [0.1, 0.15) is 11.8 Å². The van der Waals surface area contributed by atoms with E-state index in [1.54, 1.807) is 11.9 Å². The number of hydrogen-bond acceptors (Lipinski definition) is 3. The number of ether oxygens (including phenoxy) is 1. The molecule has 1 amide bonds. The van der Waals surface area contributed by atoms with Crippen LogP contribution in [-0.4, -0.2) is 43.2 Å². The Balaban J connectivity index is 2.13. The molecule has 1 heterocycles. The number of carbonyl (C=O) groups excluding carboxylic acids is 1. The first-order valence-electron chi connectivity index (χ1n) is 6.27. The molecule has 0 spiro atoms. The second-order valence-electron chi connectivity index (χ2n) is 4.79. The number of halogens is 4. The molecule has 1 N–H and O–H groups in total. The highest BCUT2D eigenvalue weighted by atomic mass is 35.5. The van der Waals surface area contributed by atoms with Crippen LogP contribution in [0.25, 0.3) is 0 Å². The van der Waals surface area contributed by atoms with Gasteiger partial charge in [0.25, 0.3) is 0 Å². The Labute approximate surface area is 124 Å². The number of amides is 1. The van der Waals surface area contributed by atoms with Crippen molar-refractivity contribution in [2.24, 2.45) is 0 Å². The minimum absolute atomic E-state index is 0.0258. The van der Waals surface area contributed by atoms with Gasteiger partial charge in [0, 0.05) is 24.7 Å². The average Bonchev–Trinajstić information content (AvgIpc) is 2.70. The highest BCUT2D eigenvalue weighted by molar-refractivity contribution is 6.30. The van der Waals surface area contributed by atoms with E-state index in [1.165, 1.54) is 18.2 Å². The predicted octanol–water partition coefficient (Wildman–Crippen LogP) is 2.92. The zero-order valence-corrected chi connectivity index (χ0v) is 12.0. The number of likely N-dealkylation sites (N-methyl/N-ethyl adjacent to an activating group) is 1. The van der Waals surface area contributed by atoms with Gasteiger partial charge in [0.15, 0.2) is 6.61 Å². The molecule has 0 bridgehead atoms. The Hall–Kier alpha value is -1.63. The fraction of sp³-hybridized carbons (Fsp3) is 0.462. The monoisotopic (exact) mass is 322 g/mol. The molecular formula is C13H14ClF3N2O2. The molecule has 0 radical (unpaired) electrons. The van der Waals surface area contributed by atoms with Gasteiger partial charge >= 0.3 is 6.18 Å². The molecule has 1 saturated heterocycles. The highest BCUT2D eigenvalue weighted by Crippen LogP contribution is 2.31. The lowest BCUT2D eigenvalue weighted by Gasteiger charge is -2.18. The molecule has 21 heavy (non-hydrogen) atoms. The van der Waals surface area contributed by atoms with Gasteiger partial charge in [-0.15, -0.1) is 0 Å². The van der Waals surface area contributed by atoms with Crippen LogP contribution < -0.4 is 10.1 Å². The summed E-state index contributed by atoms with van der Waals surface area (Å²) in [6.07, 6.45) is -3.86.